The molecule has 2 rings (SSSR count). The number of phenols is 1. The lowest BCUT2D eigenvalue weighted by Gasteiger charge is -2.33. The first-order valence-electron chi connectivity index (χ1n) is 10.7. The van der Waals surface area contributed by atoms with Crippen molar-refractivity contribution in [3.05, 3.63) is 47.5 Å². The lowest BCUT2D eigenvalue weighted by Crippen LogP contribution is -2.18. The Morgan fingerprint density at radius 2 is 1.38 bits per heavy atom. The fourth-order valence-electron chi connectivity index (χ4n) is 3.22. The monoisotopic (exact) mass is 462 g/mol. The first-order chi connectivity index (χ1) is 14.6. The molecular formula is C26H38O5S. The Bertz CT molecular complexity index is 899. The Labute approximate surface area is 194 Å². The van der Waals surface area contributed by atoms with Gasteiger partial charge in [-0.05, 0) is 64.6 Å². The van der Waals surface area contributed by atoms with Crippen molar-refractivity contribution in [2.24, 2.45) is 0 Å². The number of carbonyl (C=O) groups excluding carboxylic acids is 1. The van der Waals surface area contributed by atoms with Crippen molar-refractivity contribution in [1.29, 1.82) is 0 Å². The molecule has 0 aromatic heterocycles. The smallest absolute Gasteiger partial charge is 0.343 e. The highest BCUT2D eigenvalue weighted by molar-refractivity contribution is 8.32. The summed E-state index contributed by atoms with van der Waals surface area (Å²) >= 11 is 0. The quantitative estimate of drug-likeness (QED) is 0.511. The molecule has 32 heavy (non-hydrogen) atoms. The van der Waals surface area contributed by atoms with E-state index >= 15 is 0 Å². The van der Waals surface area contributed by atoms with E-state index in [2.05, 4.69) is 58.8 Å². The van der Waals surface area contributed by atoms with Crippen LogP contribution in [0.25, 0.3) is 0 Å². The van der Waals surface area contributed by atoms with Crippen LogP contribution in [0.1, 0.15) is 52.7 Å². The third kappa shape index (κ3) is 6.58. The summed E-state index contributed by atoms with van der Waals surface area (Å²) in [6.45, 7) is 12.5. The van der Waals surface area contributed by atoms with Crippen molar-refractivity contribution >= 4 is 16.0 Å². The summed E-state index contributed by atoms with van der Waals surface area (Å²) in [5, 5.41) is 10.9. The van der Waals surface area contributed by atoms with Gasteiger partial charge in [0.2, 0.25) is 0 Å². The highest BCUT2D eigenvalue weighted by atomic mass is 32.3. The van der Waals surface area contributed by atoms with Crippen LogP contribution in [0.5, 0.6) is 17.2 Å². The highest BCUT2D eigenvalue weighted by Gasteiger charge is 2.27. The van der Waals surface area contributed by atoms with Gasteiger partial charge in [-0.15, -0.1) is 0 Å². The van der Waals surface area contributed by atoms with Crippen LogP contribution in [0.15, 0.2) is 41.3 Å². The molecule has 2 aromatic carbocycles. The first-order valence-corrected chi connectivity index (χ1v) is 13.3. The molecule has 0 bridgehead atoms. The van der Waals surface area contributed by atoms with Crippen LogP contribution < -0.4 is 9.47 Å². The molecule has 0 heterocycles. The summed E-state index contributed by atoms with van der Waals surface area (Å²) in [6, 6.07) is 11.7. The number of esters is 1. The Balaban J connectivity index is 2.22. The summed E-state index contributed by atoms with van der Waals surface area (Å²) in [4.78, 5) is 12.4. The third-order valence-corrected chi connectivity index (χ3v) is 7.52. The number of hydrogen-bond acceptors (Lipinski definition) is 5. The van der Waals surface area contributed by atoms with E-state index in [4.69, 9.17) is 9.47 Å². The molecule has 0 aliphatic carbocycles. The van der Waals surface area contributed by atoms with Gasteiger partial charge in [-0.3, -0.25) is 0 Å². The minimum atomic E-state index is -1.25. The van der Waals surface area contributed by atoms with Gasteiger partial charge in [0, 0.05) is 11.1 Å². The van der Waals surface area contributed by atoms with Crippen LogP contribution in [0, 0.1) is 0 Å². The minimum absolute atomic E-state index is 0.109. The molecule has 0 radical (unpaired) electrons. The van der Waals surface area contributed by atoms with Gasteiger partial charge < -0.3 is 19.3 Å². The number of benzene rings is 2. The average molecular weight is 463 g/mol. The maximum Gasteiger partial charge on any atom is 0.343 e. The van der Waals surface area contributed by atoms with Crippen molar-refractivity contribution < 1.29 is 24.1 Å². The predicted octanol–water partition coefficient (Wildman–Crippen LogP) is 6.00. The molecule has 1 N–H and O–H groups in total. The number of ether oxygens (including phenoxy) is 3. The molecule has 0 atom stereocenters. The second-order valence-corrected chi connectivity index (χ2v) is 14.3. The van der Waals surface area contributed by atoms with Gasteiger partial charge in [-0.1, -0.05) is 41.5 Å². The van der Waals surface area contributed by atoms with E-state index in [-0.39, 0.29) is 17.4 Å². The topological polar surface area (TPSA) is 65.0 Å². The number of methoxy groups -OCH3 is 1. The number of rotatable bonds is 7. The number of aromatic hydroxyl groups is 1. The summed E-state index contributed by atoms with van der Waals surface area (Å²) in [6.07, 6.45) is 4.40. The molecule has 0 fully saturated rings. The molecule has 0 amide bonds. The normalized spacial score (nSPS) is 12.9. The zero-order chi connectivity index (χ0) is 24.3. The van der Waals surface area contributed by atoms with E-state index < -0.39 is 16.0 Å². The molecule has 0 spiro atoms. The summed E-state index contributed by atoms with van der Waals surface area (Å²) in [5.74, 6) is 1.89. The molecule has 6 heteroatoms. The van der Waals surface area contributed by atoms with E-state index in [0.29, 0.717) is 17.4 Å². The van der Waals surface area contributed by atoms with E-state index in [1.165, 1.54) is 12.0 Å². The second kappa shape index (κ2) is 9.65. The fraction of sp³-hybridized carbons (Fsp3) is 0.500. The molecule has 0 saturated carbocycles. The van der Waals surface area contributed by atoms with Gasteiger partial charge in [0.25, 0.3) is 0 Å². The molecule has 0 saturated heterocycles. The molecule has 0 aliphatic heterocycles. The van der Waals surface area contributed by atoms with Gasteiger partial charge in [0.15, 0.2) is 6.61 Å². The Kier molecular flexibility index (Phi) is 7.82. The maximum absolute atomic E-state index is 11.2. The van der Waals surface area contributed by atoms with Crippen molar-refractivity contribution in [2.45, 2.75) is 57.3 Å². The zero-order valence-electron chi connectivity index (χ0n) is 20.9. The largest absolute Gasteiger partial charge is 0.507 e. The Morgan fingerprint density at radius 1 is 0.875 bits per heavy atom. The SMILES string of the molecule is COC(=O)COc1ccc(S(C)(C)COc2cc(C(C)(C)C)c(O)c(C(C)(C)C)c2)cc1. The van der Waals surface area contributed by atoms with Gasteiger partial charge in [-0.2, -0.15) is 10.0 Å². The lowest BCUT2D eigenvalue weighted by molar-refractivity contribution is -0.142. The van der Waals surface area contributed by atoms with Crippen molar-refractivity contribution in [1.82, 2.24) is 0 Å². The zero-order valence-corrected chi connectivity index (χ0v) is 21.7. The average Bonchev–Trinajstić information content (AvgIpc) is 2.69. The van der Waals surface area contributed by atoms with Gasteiger partial charge in [-0.25, -0.2) is 4.79 Å². The second-order valence-electron chi connectivity index (χ2n) is 10.5. The van der Waals surface area contributed by atoms with Crippen LogP contribution in [0.3, 0.4) is 0 Å². The van der Waals surface area contributed by atoms with Crippen molar-refractivity contribution in [3.8, 4) is 17.2 Å². The van der Waals surface area contributed by atoms with Crippen LogP contribution in [-0.4, -0.2) is 43.2 Å². The first kappa shape index (κ1) is 25.9. The van der Waals surface area contributed by atoms with Crippen LogP contribution >= 0.6 is 10.0 Å². The van der Waals surface area contributed by atoms with Gasteiger partial charge >= 0.3 is 5.97 Å². The van der Waals surface area contributed by atoms with Crippen molar-refractivity contribution in [2.75, 3.05) is 32.2 Å². The summed E-state index contributed by atoms with van der Waals surface area (Å²) < 4.78 is 16.3. The predicted molar refractivity (Wildman–Crippen MR) is 133 cm³/mol. The molecule has 178 valence electrons. The standard InChI is InChI=1S/C26H38O5S/c1-25(2,3)21-14-19(15-22(24(21)28)26(4,5)6)31-17-32(8,9)20-12-10-18(11-13-20)30-16-23(27)29-7/h10-15,28H,16-17H2,1-9H3. The van der Waals surface area contributed by atoms with Crippen LogP contribution in [0.2, 0.25) is 0 Å². The Morgan fingerprint density at radius 3 is 1.81 bits per heavy atom. The molecular weight excluding hydrogens is 424 g/mol. The van der Waals surface area contributed by atoms with Gasteiger partial charge in [0.1, 0.15) is 23.2 Å². The minimum Gasteiger partial charge on any atom is -0.507 e. The number of phenolic OH excluding ortho intramolecular Hbond substituents is 1. The van der Waals surface area contributed by atoms with Crippen LogP contribution in [0.4, 0.5) is 0 Å². The van der Waals surface area contributed by atoms with E-state index in [1.807, 2.05) is 36.4 Å². The number of carbonyl (C=O) groups is 1. The van der Waals surface area contributed by atoms with E-state index in [1.54, 1.807) is 0 Å². The summed E-state index contributed by atoms with van der Waals surface area (Å²) in [5.41, 5.74) is 1.37. The molecule has 0 aliphatic rings. The van der Waals surface area contributed by atoms with E-state index in [9.17, 15) is 9.90 Å². The highest BCUT2D eigenvalue weighted by Crippen LogP contribution is 2.50. The van der Waals surface area contributed by atoms with Gasteiger partial charge in [0.05, 0.1) is 7.11 Å². The lowest BCUT2D eigenvalue weighted by atomic mass is 9.79. The van der Waals surface area contributed by atoms with Crippen LogP contribution in [-0.2, 0) is 20.4 Å². The van der Waals surface area contributed by atoms with Crippen molar-refractivity contribution in [3.63, 3.8) is 0 Å². The molecule has 5 nitrogen and oxygen atoms in total. The molecule has 2 aromatic rings. The fourth-order valence-corrected chi connectivity index (χ4v) is 4.66. The summed E-state index contributed by atoms with van der Waals surface area (Å²) in [7, 11) is 0.0871. The maximum atomic E-state index is 11.2. The molecule has 0 unspecified atom stereocenters. The third-order valence-electron chi connectivity index (χ3n) is 5.27. The Hall–Kier alpha value is -2.34. The van der Waals surface area contributed by atoms with E-state index in [0.717, 1.165) is 16.9 Å². The number of hydrogen-bond donors (Lipinski definition) is 1.